The molecule has 0 spiro atoms. The van der Waals surface area contributed by atoms with Gasteiger partial charge < -0.3 is 9.97 Å². The van der Waals surface area contributed by atoms with Crippen molar-refractivity contribution < 1.29 is 9.13 Å². The van der Waals surface area contributed by atoms with Crippen molar-refractivity contribution in [3.8, 4) is 0 Å². The predicted molar refractivity (Wildman–Crippen MR) is 142 cm³/mol. The molecule has 10 bridgehead atoms. The van der Waals surface area contributed by atoms with Crippen LogP contribution < -0.4 is 30.5 Å². The second-order valence-electron chi connectivity index (χ2n) is 9.39. The molecule has 4 aromatic rings. The van der Waals surface area contributed by atoms with E-state index in [2.05, 4.69) is 113 Å². The quantitative estimate of drug-likeness (QED) is 0.405. The lowest BCUT2D eigenvalue weighted by molar-refractivity contribution is -0.568. The summed E-state index contributed by atoms with van der Waals surface area (Å²) in [5.41, 5.74) is 7.14. The van der Waals surface area contributed by atoms with E-state index in [0.717, 1.165) is 45.6 Å². The molecule has 7 heteroatoms. The van der Waals surface area contributed by atoms with Crippen LogP contribution in [0.1, 0.15) is 38.3 Å². The van der Waals surface area contributed by atoms with Gasteiger partial charge in [0.2, 0.25) is 0 Å². The Kier molecular flexibility index (Phi) is 5.33. The largest absolute Gasteiger partial charge is 0.352 e. The van der Waals surface area contributed by atoms with E-state index in [0.29, 0.717) is 0 Å². The number of aromatic nitrogens is 6. The summed E-state index contributed by atoms with van der Waals surface area (Å²) in [6.45, 7) is 8.78. The molecule has 6 heterocycles. The Labute approximate surface area is 209 Å². The van der Waals surface area contributed by atoms with Crippen molar-refractivity contribution >= 4 is 36.6 Å². The van der Waals surface area contributed by atoms with Crippen molar-refractivity contribution in [2.24, 2.45) is 4.99 Å². The van der Waals surface area contributed by atoms with Crippen molar-refractivity contribution in [1.29, 1.82) is 0 Å². The van der Waals surface area contributed by atoms with E-state index in [-0.39, 0.29) is 0 Å². The number of imidazole rings is 2. The molecule has 0 amide bonds. The van der Waals surface area contributed by atoms with Crippen LogP contribution in [0.15, 0.2) is 71.4 Å². The molecule has 0 radical (unpaired) electrons. The highest BCUT2D eigenvalue weighted by atomic mass is 15.1. The van der Waals surface area contributed by atoms with Gasteiger partial charge in [-0.05, 0) is 67.2 Å². The number of nitrogens with zero attached hydrogens (tertiary/aromatic N) is 5. The first-order chi connectivity index (χ1) is 17.5. The van der Waals surface area contributed by atoms with Crippen molar-refractivity contribution in [3.05, 3.63) is 98.9 Å². The fourth-order valence-electron chi connectivity index (χ4n) is 5.11. The third-order valence-corrected chi connectivity index (χ3v) is 7.04. The van der Waals surface area contributed by atoms with Gasteiger partial charge in [0.15, 0.2) is 0 Å². The minimum Gasteiger partial charge on any atom is -0.352 e. The molecule has 0 atom stereocenters. The summed E-state index contributed by atoms with van der Waals surface area (Å²) < 4.78 is 8.26. The summed E-state index contributed by atoms with van der Waals surface area (Å²) in [6, 6.07) is 4.17. The smallest absolute Gasteiger partial charge is 0.253 e. The van der Waals surface area contributed by atoms with Crippen molar-refractivity contribution in [2.45, 2.75) is 40.5 Å². The lowest BCUT2D eigenvalue weighted by Gasteiger charge is -2.00. The number of fused-ring (bicyclic) bond motifs is 9. The summed E-state index contributed by atoms with van der Waals surface area (Å²) in [6.07, 6.45) is 24.8. The molecular formula is C29H31N7+2. The Morgan fingerprint density at radius 2 is 1.50 bits per heavy atom. The number of hydrogen-bond donors (Lipinski definition) is 2. The molecule has 6 rings (SSSR count). The molecule has 180 valence electrons. The third kappa shape index (κ3) is 3.92. The molecule has 0 unspecified atom stereocenters. The van der Waals surface area contributed by atoms with Crippen LogP contribution in [0, 0.1) is 6.92 Å². The van der Waals surface area contributed by atoms with Crippen molar-refractivity contribution in [2.75, 3.05) is 0 Å². The van der Waals surface area contributed by atoms with E-state index in [1.807, 2.05) is 23.2 Å². The summed E-state index contributed by atoms with van der Waals surface area (Å²) >= 11 is 0. The van der Waals surface area contributed by atoms with Crippen molar-refractivity contribution in [3.63, 3.8) is 0 Å². The molecule has 2 aliphatic rings. The topological polar surface area (TPSA) is 61.6 Å². The molecular weight excluding hydrogens is 446 g/mol. The summed E-state index contributed by atoms with van der Waals surface area (Å²) in [5, 5.41) is 4.30. The normalized spacial score (nSPS) is 14.9. The maximum Gasteiger partial charge on any atom is 0.253 e. The summed E-state index contributed by atoms with van der Waals surface area (Å²) in [4.78, 5) is 12.2. The lowest BCUT2D eigenvalue weighted by atomic mass is 10.0. The van der Waals surface area contributed by atoms with Gasteiger partial charge in [0, 0.05) is 5.35 Å². The number of nitrogens with one attached hydrogen (secondary N) is 2. The number of allylic oxidation sites excluding steroid dienone is 2. The maximum absolute atomic E-state index is 5.06. The van der Waals surface area contributed by atoms with Gasteiger partial charge in [0.05, 0.1) is 21.8 Å². The summed E-state index contributed by atoms with van der Waals surface area (Å²) in [7, 11) is 0. The highest BCUT2D eigenvalue weighted by molar-refractivity contribution is 6.23. The van der Waals surface area contributed by atoms with E-state index >= 15 is 0 Å². The predicted octanol–water partition coefficient (Wildman–Crippen LogP) is 1.02. The van der Waals surface area contributed by atoms with Crippen LogP contribution in [0.4, 0.5) is 0 Å². The second kappa shape index (κ2) is 8.68. The van der Waals surface area contributed by atoms with E-state index in [9.17, 15) is 0 Å². The Balaban J connectivity index is 1.62. The molecule has 0 saturated carbocycles. The minimum absolute atomic E-state index is 0.935. The highest BCUT2D eigenvalue weighted by Crippen LogP contribution is 2.28. The third-order valence-electron chi connectivity index (χ3n) is 7.04. The monoisotopic (exact) mass is 477 g/mol. The summed E-state index contributed by atoms with van der Waals surface area (Å²) in [5.74, 6) is 0. The standard InChI is InChI=1S/C29H31N7/c1-5-24-20(3)26-13-27-21(4)25(6-2)29(32-27)17-36-12-10-34(19-36)15-23-8-7-22(30-23)14-33-9-11-35(18-33)16-28(24)31-26/h7-19,30-31H,5-6H2,1-4H3/q+2. The molecule has 0 aliphatic carbocycles. The zero-order chi connectivity index (χ0) is 24.8. The molecule has 0 aromatic carbocycles. The molecule has 4 aromatic heterocycles. The SMILES string of the molecule is CCC1=C(C)C2=NC1=Cn1cc[n+](c1)C=c1ccc([nH]1)=C[n+]1ccn(c1)C=c1[nH]c(c(C)c1CC)=C2. The fourth-order valence-corrected chi connectivity index (χ4v) is 5.11. The minimum atomic E-state index is 0.935. The second-order valence-corrected chi connectivity index (χ2v) is 9.39. The number of aliphatic imine (C=N–C) groups is 1. The average Bonchev–Trinajstić information content (AvgIpc) is 3.67. The Hall–Kier alpha value is -4.39. The molecule has 2 N–H and O–H groups in total. The Morgan fingerprint density at radius 1 is 0.833 bits per heavy atom. The van der Waals surface area contributed by atoms with Gasteiger partial charge in [0.1, 0.15) is 55.3 Å². The molecule has 2 aliphatic heterocycles. The lowest BCUT2D eigenvalue weighted by Crippen LogP contribution is -2.30. The van der Waals surface area contributed by atoms with Gasteiger partial charge >= 0.3 is 0 Å². The number of H-pyrrole nitrogens is 2. The van der Waals surface area contributed by atoms with Crippen molar-refractivity contribution in [1.82, 2.24) is 19.1 Å². The van der Waals surface area contributed by atoms with Gasteiger partial charge in [-0.2, -0.15) is 0 Å². The van der Waals surface area contributed by atoms with E-state index in [4.69, 9.17) is 4.99 Å². The van der Waals surface area contributed by atoms with Crippen LogP contribution in [0.3, 0.4) is 0 Å². The van der Waals surface area contributed by atoms with Gasteiger partial charge in [-0.25, -0.2) is 23.3 Å². The molecule has 0 saturated heterocycles. The molecule has 36 heavy (non-hydrogen) atoms. The maximum atomic E-state index is 5.06. The number of hydrogen-bond acceptors (Lipinski definition) is 1. The van der Waals surface area contributed by atoms with Gasteiger partial charge in [-0.3, -0.25) is 0 Å². The van der Waals surface area contributed by atoms with Crippen LogP contribution in [0.25, 0.3) is 30.9 Å². The van der Waals surface area contributed by atoms with E-state index in [1.54, 1.807) is 0 Å². The highest BCUT2D eigenvalue weighted by Gasteiger charge is 2.20. The van der Waals surface area contributed by atoms with Gasteiger partial charge in [-0.15, -0.1) is 0 Å². The first kappa shape index (κ1) is 22.1. The molecule has 7 nitrogen and oxygen atoms in total. The Bertz CT molecular complexity index is 1830. The van der Waals surface area contributed by atoms with Crippen LogP contribution in [0.2, 0.25) is 0 Å². The number of rotatable bonds is 2. The number of aromatic amines is 2. The van der Waals surface area contributed by atoms with E-state index < -0.39 is 0 Å². The fraction of sp³-hybridized carbons (Fsp3) is 0.207. The first-order valence-corrected chi connectivity index (χ1v) is 12.5. The van der Waals surface area contributed by atoms with Crippen LogP contribution in [0.5, 0.6) is 0 Å². The van der Waals surface area contributed by atoms with Crippen LogP contribution in [-0.2, 0) is 6.42 Å². The van der Waals surface area contributed by atoms with Crippen LogP contribution in [-0.4, -0.2) is 24.8 Å². The zero-order valence-electron chi connectivity index (χ0n) is 21.2. The first-order valence-electron chi connectivity index (χ1n) is 12.5. The zero-order valence-corrected chi connectivity index (χ0v) is 21.2. The van der Waals surface area contributed by atoms with Crippen LogP contribution >= 0.6 is 0 Å². The Morgan fingerprint density at radius 3 is 2.14 bits per heavy atom. The average molecular weight is 478 g/mol. The molecule has 0 fully saturated rings. The van der Waals surface area contributed by atoms with E-state index in [1.165, 1.54) is 22.3 Å². The van der Waals surface area contributed by atoms with Gasteiger partial charge in [0.25, 0.3) is 12.7 Å². The van der Waals surface area contributed by atoms with Gasteiger partial charge in [-0.1, -0.05) is 13.8 Å².